The van der Waals surface area contributed by atoms with Crippen molar-refractivity contribution in [2.75, 3.05) is 13.2 Å². The van der Waals surface area contributed by atoms with Crippen LogP contribution in [-0.2, 0) is 13.0 Å². The molecule has 0 fully saturated rings. The van der Waals surface area contributed by atoms with Gasteiger partial charge in [-0.1, -0.05) is 48.4 Å². The Balaban J connectivity index is 1.30. The molecule has 0 unspecified atom stereocenters. The summed E-state index contributed by atoms with van der Waals surface area (Å²) < 4.78 is 8.33. The van der Waals surface area contributed by atoms with Gasteiger partial charge in [0.15, 0.2) is 0 Å². The Morgan fingerprint density at radius 3 is 2.46 bits per heavy atom. The number of ether oxygens (including phenoxy) is 1. The summed E-state index contributed by atoms with van der Waals surface area (Å²) in [6.45, 7) is 5.95. The Kier molecular flexibility index (Phi) is 8.43. The highest BCUT2D eigenvalue weighted by Gasteiger charge is 2.11. The molecule has 0 radical (unpaired) electrons. The van der Waals surface area contributed by atoms with Gasteiger partial charge < -0.3 is 14.6 Å². The van der Waals surface area contributed by atoms with Crippen molar-refractivity contribution in [2.24, 2.45) is 0 Å². The van der Waals surface area contributed by atoms with E-state index in [1.807, 2.05) is 68.4 Å². The molecule has 6 heteroatoms. The molecule has 1 amide bonds. The summed E-state index contributed by atoms with van der Waals surface area (Å²) in [6, 6.07) is 21.5. The van der Waals surface area contributed by atoms with Gasteiger partial charge in [-0.25, -0.2) is 4.98 Å². The molecule has 35 heavy (non-hydrogen) atoms. The predicted molar refractivity (Wildman–Crippen MR) is 142 cm³/mol. The summed E-state index contributed by atoms with van der Waals surface area (Å²) in [5, 5.41) is 3.79. The van der Waals surface area contributed by atoms with E-state index in [1.54, 1.807) is 0 Å². The zero-order valence-electron chi connectivity index (χ0n) is 20.4. The number of rotatable bonds is 11. The van der Waals surface area contributed by atoms with Gasteiger partial charge in [-0.3, -0.25) is 4.79 Å². The number of nitrogens with one attached hydrogen (secondary N) is 1. The van der Waals surface area contributed by atoms with Crippen LogP contribution in [0.15, 0.2) is 66.7 Å². The third-order valence-corrected chi connectivity index (χ3v) is 6.72. The fourth-order valence-electron chi connectivity index (χ4n) is 4.29. The van der Waals surface area contributed by atoms with E-state index in [-0.39, 0.29) is 5.91 Å². The molecule has 182 valence electrons. The third-order valence-electron chi connectivity index (χ3n) is 6.13. The lowest BCUT2D eigenvalue weighted by molar-refractivity contribution is 0.0953. The second kappa shape index (κ2) is 11.9. The minimum atomic E-state index is -0.0153. The van der Waals surface area contributed by atoms with Crippen LogP contribution in [0, 0.1) is 13.8 Å². The summed E-state index contributed by atoms with van der Waals surface area (Å²) in [6.07, 6.45) is 3.87. The average Bonchev–Trinajstić information content (AvgIpc) is 3.22. The average molecular weight is 490 g/mol. The number of hydrogen-bond donors (Lipinski definition) is 1. The van der Waals surface area contributed by atoms with Crippen molar-refractivity contribution in [3.63, 3.8) is 0 Å². The summed E-state index contributed by atoms with van der Waals surface area (Å²) in [7, 11) is 0. The number of aryl methyl sites for hydroxylation is 3. The number of carbonyl (C=O) groups is 1. The molecule has 1 aromatic heterocycles. The maximum atomic E-state index is 12.2. The largest absolute Gasteiger partial charge is 0.492 e. The zero-order chi connectivity index (χ0) is 24.6. The molecule has 0 atom stereocenters. The van der Waals surface area contributed by atoms with Crippen LogP contribution in [0.2, 0.25) is 5.02 Å². The van der Waals surface area contributed by atoms with Gasteiger partial charge in [-0.2, -0.15) is 0 Å². The maximum Gasteiger partial charge on any atom is 0.251 e. The molecule has 0 aliphatic carbocycles. The number of imidazole rings is 1. The molecular weight excluding hydrogens is 458 g/mol. The molecule has 0 aliphatic rings. The van der Waals surface area contributed by atoms with Crippen LogP contribution in [0.4, 0.5) is 0 Å². The van der Waals surface area contributed by atoms with E-state index in [4.69, 9.17) is 21.3 Å². The number of aromatic nitrogens is 2. The van der Waals surface area contributed by atoms with Gasteiger partial charge in [-0.05, 0) is 74.2 Å². The number of benzene rings is 3. The van der Waals surface area contributed by atoms with Crippen LogP contribution in [0.5, 0.6) is 5.75 Å². The molecule has 0 saturated heterocycles. The Bertz CT molecular complexity index is 1260. The van der Waals surface area contributed by atoms with Gasteiger partial charge in [-0.15, -0.1) is 0 Å². The zero-order valence-corrected chi connectivity index (χ0v) is 21.1. The van der Waals surface area contributed by atoms with Crippen molar-refractivity contribution in [3.8, 4) is 5.75 Å². The second-order valence-electron chi connectivity index (χ2n) is 8.82. The van der Waals surface area contributed by atoms with Crippen LogP contribution in [0.25, 0.3) is 11.0 Å². The number of fused-ring (bicyclic) bond motifs is 1. The van der Waals surface area contributed by atoms with Crippen molar-refractivity contribution in [1.82, 2.24) is 14.9 Å². The predicted octanol–water partition coefficient (Wildman–Crippen LogP) is 6.53. The smallest absolute Gasteiger partial charge is 0.251 e. The number of unbranched alkanes of at least 4 members (excludes halogenated alkanes) is 2. The molecule has 3 aromatic carbocycles. The van der Waals surface area contributed by atoms with E-state index in [9.17, 15) is 4.79 Å². The Morgan fingerprint density at radius 1 is 0.971 bits per heavy atom. The van der Waals surface area contributed by atoms with Crippen molar-refractivity contribution in [3.05, 3.63) is 94.3 Å². The lowest BCUT2D eigenvalue weighted by Crippen LogP contribution is -2.24. The first-order chi connectivity index (χ1) is 17.0. The molecule has 0 saturated carbocycles. The van der Waals surface area contributed by atoms with E-state index in [0.717, 1.165) is 71.0 Å². The van der Waals surface area contributed by atoms with Crippen molar-refractivity contribution < 1.29 is 9.53 Å². The maximum absolute atomic E-state index is 12.2. The van der Waals surface area contributed by atoms with Crippen molar-refractivity contribution in [2.45, 2.75) is 46.1 Å². The van der Waals surface area contributed by atoms with Gasteiger partial charge in [0.25, 0.3) is 5.91 Å². The van der Waals surface area contributed by atoms with Crippen molar-refractivity contribution >= 4 is 28.5 Å². The molecular formula is C29H32ClN3O2. The number of amides is 1. The molecule has 1 heterocycles. The highest BCUT2D eigenvalue weighted by atomic mass is 35.5. The van der Waals surface area contributed by atoms with Gasteiger partial charge in [0, 0.05) is 23.6 Å². The SMILES string of the molecule is Cc1cc(OCCn2c(CCCCCNC(=O)c3ccccc3)nc3ccccc32)cc(C)c1Cl. The summed E-state index contributed by atoms with van der Waals surface area (Å²) in [4.78, 5) is 17.0. The summed E-state index contributed by atoms with van der Waals surface area (Å²) in [5.41, 5.74) is 4.89. The number of nitrogens with zero attached hydrogens (tertiary/aromatic N) is 2. The Morgan fingerprint density at radius 2 is 1.69 bits per heavy atom. The molecule has 0 spiro atoms. The molecule has 1 N–H and O–H groups in total. The Labute approximate surface area is 212 Å². The van der Waals surface area contributed by atoms with E-state index in [0.29, 0.717) is 18.7 Å². The number of carbonyl (C=O) groups excluding carboxylic acids is 1. The monoisotopic (exact) mass is 489 g/mol. The lowest BCUT2D eigenvalue weighted by atomic mass is 10.1. The van der Waals surface area contributed by atoms with Gasteiger partial charge >= 0.3 is 0 Å². The van der Waals surface area contributed by atoms with Gasteiger partial charge in [0.2, 0.25) is 0 Å². The van der Waals surface area contributed by atoms with E-state index in [1.165, 1.54) is 0 Å². The molecule has 0 aliphatic heterocycles. The fourth-order valence-corrected chi connectivity index (χ4v) is 4.40. The molecule has 4 rings (SSSR count). The first kappa shape index (κ1) is 24.8. The highest BCUT2D eigenvalue weighted by molar-refractivity contribution is 6.32. The van der Waals surface area contributed by atoms with Crippen LogP contribution in [0.3, 0.4) is 0 Å². The number of hydrogen-bond acceptors (Lipinski definition) is 3. The van der Waals surface area contributed by atoms with Crippen LogP contribution < -0.4 is 10.1 Å². The molecule has 0 bridgehead atoms. The normalized spacial score (nSPS) is 11.1. The second-order valence-corrected chi connectivity index (χ2v) is 9.20. The third kappa shape index (κ3) is 6.43. The van der Waals surface area contributed by atoms with E-state index < -0.39 is 0 Å². The van der Waals surface area contributed by atoms with Crippen LogP contribution >= 0.6 is 11.6 Å². The van der Waals surface area contributed by atoms with Crippen molar-refractivity contribution in [1.29, 1.82) is 0 Å². The van der Waals surface area contributed by atoms with E-state index >= 15 is 0 Å². The molecule has 5 nitrogen and oxygen atoms in total. The molecule has 4 aromatic rings. The number of para-hydroxylation sites is 2. The minimum absolute atomic E-state index is 0.0153. The topological polar surface area (TPSA) is 56.1 Å². The quantitative estimate of drug-likeness (QED) is 0.244. The minimum Gasteiger partial charge on any atom is -0.492 e. The first-order valence-corrected chi connectivity index (χ1v) is 12.6. The number of halogens is 1. The van der Waals surface area contributed by atoms with Crippen LogP contribution in [-0.4, -0.2) is 28.6 Å². The van der Waals surface area contributed by atoms with Crippen LogP contribution in [0.1, 0.15) is 46.6 Å². The van der Waals surface area contributed by atoms with E-state index in [2.05, 4.69) is 22.0 Å². The summed E-state index contributed by atoms with van der Waals surface area (Å²) >= 11 is 6.29. The standard InChI is InChI=1S/C29H32ClN3O2/c1-21-19-24(20-22(2)28(21)30)35-18-17-33-26-14-9-8-13-25(26)32-27(33)15-7-4-10-16-31-29(34)23-11-5-3-6-12-23/h3,5-6,8-9,11-14,19-20H,4,7,10,15-18H2,1-2H3,(H,31,34). The fraction of sp³-hybridized carbons (Fsp3) is 0.310. The Hall–Kier alpha value is -3.31. The lowest BCUT2D eigenvalue weighted by Gasteiger charge is -2.13. The first-order valence-electron chi connectivity index (χ1n) is 12.2. The summed E-state index contributed by atoms with van der Waals surface area (Å²) in [5.74, 6) is 1.90. The van der Waals surface area contributed by atoms with Gasteiger partial charge in [0.1, 0.15) is 18.2 Å². The highest BCUT2D eigenvalue weighted by Crippen LogP contribution is 2.26. The van der Waals surface area contributed by atoms with Gasteiger partial charge in [0.05, 0.1) is 17.6 Å².